The fourth-order valence-corrected chi connectivity index (χ4v) is 2.18. The van der Waals surface area contributed by atoms with Crippen LogP contribution in [0.25, 0.3) is 0 Å². The van der Waals surface area contributed by atoms with E-state index in [2.05, 4.69) is 21.2 Å². The molecule has 0 spiro atoms. The number of benzene rings is 2. The summed E-state index contributed by atoms with van der Waals surface area (Å²) in [4.78, 5) is 33.7. The first-order chi connectivity index (χ1) is 11.0. The number of halogens is 1. The number of non-ortho nitro benzene ring substituents is 1. The lowest BCUT2D eigenvalue weighted by molar-refractivity contribution is -0.384. The predicted molar refractivity (Wildman–Crippen MR) is 86.2 cm³/mol. The number of nitrogens with one attached hydrogen (secondary N) is 1. The lowest BCUT2D eigenvalue weighted by atomic mass is 10.2. The van der Waals surface area contributed by atoms with Gasteiger partial charge in [-0.3, -0.25) is 14.9 Å². The van der Waals surface area contributed by atoms with Crippen LogP contribution in [0, 0.1) is 10.1 Å². The smallest absolute Gasteiger partial charge is 0.339 e. The minimum atomic E-state index is -0.647. The number of carbonyl (C=O) groups excluding carboxylic acids is 2. The molecule has 23 heavy (non-hydrogen) atoms. The topological polar surface area (TPSA) is 98.5 Å². The van der Waals surface area contributed by atoms with Crippen molar-refractivity contribution in [3.8, 4) is 0 Å². The van der Waals surface area contributed by atoms with Crippen LogP contribution in [0.15, 0.2) is 53.0 Å². The second kappa shape index (κ2) is 7.50. The number of nitro groups is 1. The Morgan fingerprint density at radius 2 is 1.91 bits per heavy atom. The summed E-state index contributed by atoms with van der Waals surface area (Å²) in [6.45, 7) is -0.497. The van der Waals surface area contributed by atoms with Crippen molar-refractivity contribution in [1.82, 2.24) is 0 Å². The Kier molecular flexibility index (Phi) is 5.42. The summed E-state index contributed by atoms with van der Waals surface area (Å²) < 4.78 is 5.47. The Balaban J connectivity index is 1.93. The Morgan fingerprint density at radius 3 is 2.61 bits per heavy atom. The lowest BCUT2D eigenvalue weighted by Gasteiger charge is -2.07. The molecule has 0 saturated heterocycles. The lowest BCUT2D eigenvalue weighted by Crippen LogP contribution is -2.21. The van der Waals surface area contributed by atoms with Crippen LogP contribution >= 0.6 is 15.9 Å². The zero-order valence-corrected chi connectivity index (χ0v) is 13.3. The number of carbonyl (C=O) groups is 2. The van der Waals surface area contributed by atoms with Gasteiger partial charge in [-0.15, -0.1) is 0 Å². The maximum atomic E-state index is 11.8. The third-order valence-electron chi connectivity index (χ3n) is 2.77. The van der Waals surface area contributed by atoms with Gasteiger partial charge in [0.15, 0.2) is 6.61 Å². The molecular weight excluding hydrogens is 368 g/mol. The highest BCUT2D eigenvalue weighted by atomic mass is 79.9. The van der Waals surface area contributed by atoms with E-state index in [9.17, 15) is 19.7 Å². The summed E-state index contributed by atoms with van der Waals surface area (Å²) in [6.07, 6.45) is 0. The van der Waals surface area contributed by atoms with Crippen molar-refractivity contribution in [2.24, 2.45) is 0 Å². The molecular formula is C15H11BrN2O5. The summed E-state index contributed by atoms with van der Waals surface area (Å²) in [7, 11) is 0. The number of anilines is 1. The third-order valence-corrected chi connectivity index (χ3v) is 3.46. The SMILES string of the molecule is O=C(COC(=O)c1ccccc1Br)Nc1cccc([N+](=O)[O-])c1. The number of amides is 1. The normalized spacial score (nSPS) is 9.96. The molecule has 0 radical (unpaired) electrons. The molecule has 2 aromatic carbocycles. The molecule has 0 saturated carbocycles. The second-order valence-electron chi connectivity index (χ2n) is 4.41. The van der Waals surface area contributed by atoms with Crippen LogP contribution in [0.3, 0.4) is 0 Å². The monoisotopic (exact) mass is 378 g/mol. The summed E-state index contributed by atoms with van der Waals surface area (Å²) in [5, 5.41) is 13.1. The van der Waals surface area contributed by atoms with E-state index in [1.807, 2.05) is 0 Å². The third kappa shape index (κ3) is 4.62. The molecule has 0 fully saturated rings. The molecule has 0 unspecified atom stereocenters. The van der Waals surface area contributed by atoms with Crippen molar-refractivity contribution in [3.05, 3.63) is 68.7 Å². The first-order valence-electron chi connectivity index (χ1n) is 6.43. The van der Waals surface area contributed by atoms with Gasteiger partial charge in [0.1, 0.15) is 0 Å². The highest BCUT2D eigenvalue weighted by molar-refractivity contribution is 9.10. The fraction of sp³-hybridized carbons (Fsp3) is 0.0667. The van der Waals surface area contributed by atoms with Gasteiger partial charge < -0.3 is 10.1 Å². The largest absolute Gasteiger partial charge is 0.452 e. The van der Waals surface area contributed by atoms with Gasteiger partial charge in [-0.25, -0.2) is 4.79 Å². The molecule has 0 atom stereocenters. The van der Waals surface area contributed by atoms with Gasteiger partial charge in [-0.1, -0.05) is 18.2 Å². The van der Waals surface area contributed by atoms with Crippen molar-refractivity contribution < 1.29 is 19.2 Å². The highest BCUT2D eigenvalue weighted by Gasteiger charge is 2.13. The Bertz CT molecular complexity index is 763. The fourth-order valence-electron chi connectivity index (χ4n) is 1.73. The van der Waals surface area contributed by atoms with Gasteiger partial charge in [0.2, 0.25) is 0 Å². The number of esters is 1. The summed E-state index contributed by atoms with van der Waals surface area (Å²) in [5.41, 5.74) is 0.407. The number of rotatable bonds is 5. The molecule has 2 aromatic rings. The van der Waals surface area contributed by atoms with Crippen LogP contribution in [0.1, 0.15) is 10.4 Å². The van der Waals surface area contributed by atoms with Crippen LogP contribution < -0.4 is 5.32 Å². The number of ether oxygens (including phenoxy) is 1. The van der Waals surface area contributed by atoms with E-state index in [0.717, 1.165) is 0 Å². The minimum Gasteiger partial charge on any atom is -0.452 e. The molecule has 1 amide bonds. The van der Waals surface area contributed by atoms with Gasteiger partial charge in [-0.2, -0.15) is 0 Å². The first-order valence-corrected chi connectivity index (χ1v) is 7.22. The molecule has 0 aliphatic rings. The average Bonchev–Trinajstić information content (AvgIpc) is 2.53. The number of hydrogen-bond donors (Lipinski definition) is 1. The molecule has 8 heteroatoms. The second-order valence-corrected chi connectivity index (χ2v) is 5.27. The van der Waals surface area contributed by atoms with E-state index in [4.69, 9.17) is 4.74 Å². The van der Waals surface area contributed by atoms with Crippen LogP contribution in [0.2, 0.25) is 0 Å². The van der Waals surface area contributed by atoms with Gasteiger partial charge in [0.25, 0.3) is 11.6 Å². The van der Waals surface area contributed by atoms with Crippen LogP contribution in [0.4, 0.5) is 11.4 Å². The minimum absolute atomic E-state index is 0.145. The maximum absolute atomic E-state index is 11.8. The number of nitrogens with zero attached hydrogens (tertiary/aromatic N) is 1. The molecule has 1 N–H and O–H groups in total. The average molecular weight is 379 g/mol. The van der Waals surface area contributed by atoms with Crippen molar-refractivity contribution in [2.75, 3.05) is 11.9 Å². The van der Waals surface area contributed by atoms with Crippen LogP contribution in [0.5, 0.6) is 0 Å². The van der Waals surface area contributed by atoms with Crippen LogP contribution in [-0.2, 0) is 9.53 Å². The molecule has 2 rings (SSSR count). The molecule has 0 aromatic heterocycles. The van der Waals surface area contributed by atoms with E-state index < -0.39 is 23.4 Å². The summed E-state index contributed by atoms with van der Waals surface area (Å²) >= 11 is 3.21. The first kappa shape index (κ1) is 16.6. The number of hydrogen-bond acceptors (Lipinski definition) is 5. The molecule has 118 valence electrons. The summed E-state index contributed by atoms with van der Waals surface area (Å²) in [6, 6.07) is 12.1. The van der Waals surface area contributed by atoms with E-state index in [1.165, 1.54) is 24.3 Å². The van der Waals surface area contributed by atoms with E-state index >= 15 is 0 Å². The molecule has 0 aliphatic heterocycles. The van der Waals surface area contributed by atoms with E-state index in [0.29, 0.717) is 10.0 Å². The zero-order valence-electron chi connectivity index (χ0n) is 11.7. The van der Waals surface area contributed by atoms with Gasteiger partial charge in [-0.05, 0) is 34.1 Å². The Labute approximate surface area is 139 Å². The Morgan fingerprint density at radius 1 is 1.17 bits per heavy atom. The maximum Gasteiger partial charge on any atom is 0.339 e. The predicted octanol–water partition coefficient (Wildman–Crippen LogP) is 3.15. The Hall–Kier alpha value is -2.74. The molecule has 0 bridgehead atoms. The van der Waals surface area contributed by atoms with Gasteiger partial charge >= 0.3 is 5.97 Å². The quantitative estimate of drug-likeness (QED) is 0.489. The molecule has 0 heterocycles. The van der Waals surface area contributed by atoms with Crippen molar-refractivity contribution in [3.63, 3.8) is 0 Å². The molecule has 0 aliphatic carbocycles. The van der Waals surface area contributed by atoms with Crippen molar-refractivity contribution in [2.45, 2.75) is 0 Å². The van der Waals surface area contributed by atoms with Gasteiger partial charge in [0, 0.05) is 22.3 Å². The van der Waals surface area contributed by atoms with Gasteiger partial charge in [0.05, 0.1) is 10.5 Å². The summed E-state index contributed by atoms with van der Waals surface area (Å²) in [5.74, 6) is -1.24. The zero-order chi connectivity index (χ0) is 16.8. The molecule has 7 nitrogen and oxygen atoms in total. The highest BCUT2D eigenvalue weighted by Crippen LogP contribution is 2.18. The van der Waals surface area contributed by atoms with Crippen LogP contribution in [-0.4, -0.2) is 23.4 Å². The standard InChI is InChI=1S/C15H11BrN2O5/c16-13-7-2-1-6-12(13)15(20)23-9-14(19)17-10-4-3-5-11(8-10)18(21)22/h1-8H,9H2,(H,17,19). The van der Waals surface area contributed by atoms with E-state index in [-0.39, 0.29) is 11.4 Å². The van der Waals surface area contributed by atoms with Crippen molar-refractivity contribution in [1.29, 1.82) is 0 Å². The number of nitro benzene ring substituents is 1. The van der Waals surface area contributed by atoms with E-state index in [1.54, 1.807) is 24.3 Å². The van der Waals surface area contributed by atoms with Crippen molar-refractivity contribution >= 4 is 39.2 Å².